The van der Waals surface area contributed by atoms with Crippen molar-refractivity contribution in [3.8, 4) is 0 Å². The van der Waals surface area contributed by atoms with Gasteiger partial charge in [0.05, 0.1) is 11.1 Å². The fraction of sp³-hybridized carbons (Fsp3) is 0.667. The maximum absolute atomic E-state index is 10.7. The molecule has 2 rings (SSSR count). The van der Waals surface area contributed by atoms with Crippen LogP contribution in [0.4, 0.5) is 5.13 Å². The lowest BCUT2D eigenvalue weighted by atomic mass is 10.2. The average Bonchev–Trinajstić information content (AvgIpc) is 2.73. The summed E-state index contributed by atoms with van der Waals surface area (Å²) in [5.74, 6) is 0. The van der Waals surface area contributed by atoms with Crippen molar-refractivity contribution in [1.82, 2.24) is 9.88 Å². The van der Waals surface area contributed by atoms with Crippen molar-refractivity contribution in [3.05, 3.63) is 11.1 Å². The van der Waals surface area contributed by atoms with Crippen molar-refractivity contribution in [2.75, 3.05) is 31.6 Å². The van der Waals surface area contributed by atoms with Gasteiger partial charge in [-0.15, -0.1) is 0 Å². The van der Waals surface area contributed by atoms with Crippen LogP contribution in [0.2, 0.25) is 0 Å². The van der Waals surface area contributed by atoms with E-state index < -0.39 is 0 Å². The largest absolute Gasteiger partial charge is 0.344 e. The first-order valence-corrected chi connectivity index (χ1v) is 6.92. The number of anilines is 1. The van der Waals surface area contributed by atoms with Crippen LogP contribution in [-0.4, -0.2) is 48.9 Å². The van der Waals surface area contributed by atoms with E-state index >= 15 is 0 Å². The molecule has 0 N–H and O–H groups in total. The fourth-order valence-corrected chi connectivity index (χ4v) is 3.14. The number of carbonyl (C=O) groups excluding carboxylic acids is 1. The number of carbonyl (C=O) groups is 1. The Hall–Kier alpha value is -0.940. The van der Waals surface area contributed by atoms with Gasteiger partial charge in [0.1, 0.15) is 0 Å². The van der Waals surface area contributed by atoms with Gasteiger partial charge in [0.15, 0.2) is 11.4 Å². The van der Waals surface area contributed by atoms with E-state index in [4.69, 9.17) is 0 Å². The Labute approximate surface area is 106 Å². The van der Waals surface area contributed by atoms with E-state index in [9.17, 15) is 4.79 Å². The van der Waals surface area contributed by atoms with E-state index in [-0.39, 0.29) is 0 Å². The Morgan fingerprint density at radius 3 is 3.06 bits per heavy atom. The van der Waals surface area contributed by atoms with Crippen molar-refractivity contribution in [2.45, 2.75) is 25.8 Å². The zero-order chi connectivity index (χ0) is 12.3. The van der Waals surface area contributed by atoms with Gasteiger partial charge >= 0.3 is 0 Å². The van der Waals surface area contributed by atoms with E-state index in [0.717, 1.165) is 43.9 Å². The summed E-state index contributed by atoms with van der Waals surface area (Å²) in [6.07, 6.45) is 4.82. The molecule has 0 saturated carbocycles. The van der Waals surface area contributed by atoms with Gasteiger partial charge in [0, 0.05) is 19.1 Å². The molecular weight excluding hydrogens is 234 g/mol. The first-order valence-electron chi connectivity index (χ1n) is 6.10. The first kappa shape index (κ1) is 12.5. The summed E-state index contributed by atoms with van der Waals surface area (Å²) >= 11 is 1.50. The molecule has 1 fully saturated rings. The molecule has 1 aromatic rings. The second-order valence-electron chi connectivity index (χ2n) is 4.53. The molecule has 0 spiro atoms. The van der Waals surface area contributed by atoms with Crippen LogP contribution < -0.4 is 4.90 Å². The average molecular weight is 253 g/mol. The van der Waals surface area contributed by atoms with Gasteiger partial charge < -0.3 is 9.80 Å². The Kier molecular flexibility index (Phi) is 4.12. The molecule has 17 heavy (non-hydrogen) atoms. The molecule has 5 heteroatoms. The topological polar surface area (TPSA) is 36.4 Å². The fourth-order valence-electron chi connectivity index (χ4n) is 2.31. The highest BCUT2D eigenvalue weighted by Crippen LogP contribution is 2.26. The quantitative estimate of drug-likeness (QED) is 0.771. The highest BCUT2D eigenvalue weighted by molar-refractivity contribution is 7.17. The zero-order valence-electron chi connectivity index (χ0n) is 10.4. The number of thiazole rings is 1. The van der Waals surface area contributed by atoms with Crippen LogP contribution in [0.1, 0.15) is 29.4 Å². The summed E-state index contributed by atoms with van der Waals surface area (Å²) < 4.78 is 0. The van der Waals surface area contributed by atoms with Gasteiger partial charge in [-0.1, -0.05) is 18.3 Å². The summed E-state index contributed by atoms with van der Waals surface area (Å²) in [5, 5.41) is 0.995. The number of rotatable bonds is 3. The lowest BCUT2D eigenvalue weighted by Crippen LogP contribution is -2.39. The number of nitrogens with zero attached hydrogens (tertiary/aromatic N) is 3. The molecular formula is C12H19N3OS. The number of likely N-dealkylation sites (N-methyl/N-ethyl adjacent to an activating group) is 1. The molecule has 0 bridgehead atoms. The molecule has 0 amide bonds. The summed E-state index contributed by atoms with van der Waals surface area (Å²) in [6, 6.07) is 0.508. The van der Waals surface area contributed by atoms with Gasteiger partial charge in [-0.25, -0.2) is 4.98 Å². The highest BCUT2D eigenvalue weighted by Gasteiger charge is 2.24. The second kappa shape index (κ2) is 5.60. The van der Waals surface area contributed by atoms with Crippen molar-refractivity contribution < 1.29 is 4.79 Å². The standard InChI is InChI=1S/C12H19N3OS/c1-3-10-8-14(2)5-4-6-15(10)12-13-7-11(9-16)17-12/h7,9-10H,3-6,8H2,1-2H3. The highest BCUT2D eigenvalue weighted by atomic mass is 32.1. The number of aldehydes is 1. The molecule has 2 heterocycles. The van der Waals surface area contributed by atoms with Crippen molar-refractivity contribution >= 4 is 22.8 Å². The normalized spacial score (nSPS) is 22.5. The summed E-state index contributed by atoms with van der Waals surface area (Å²) in [6.45, 7) is 5.46. The summed E-state index contributed by atoms with van der Waals surface area (Å²) in [5.41, 5.74) is 0. The Balaban J connectivity index is 2.18. The summed E-state index contributed by atoms with van der Waals surface area (Å²) in [7, 11) is 2.17. The molecule has 1 aliphatic heterocycles. The van der Waals surface area contributed by atoms with E-state index in [2.05, 4.69) is 28.8 Å². The second-order valence-corrected chi connectivity index (χ2v) is 5.57. The van der Waals surface area contributed by atoms with Crippen LogP contribution in [0, 0.1) is 0 Å². The molecule has 1 aromatic heterocycles. The third-order valence-corrected chi connectivity index (χ3v) is 4.21. The Morgan fingerprint density at radius 2 is 2.41 bits per heavy atom. The molecule has 1 aliphatic rings. The van der Waals surface area contributed by atoms with Crippen molar-refractivity contribution in [2.24, 2.45) is 0 Å². The predicted octanol–water partition coefficient (Wildman–Crippen LogP) is 1.88. The van der Waals surface area contributed by atoms with E-state index in [1.807, 2.05) is 0 Å². The summed E-state index contributed by atoms with van der Waals surface area (Å²) in [4.78, 5) is 20.5. The van der Waals surface area contributed by atoms with Crippen LogP contribution in [0.5, 0.6) is 0 Å². The lowest BCUT2D eigenvalue weighted by Gasteiger charge is -2.29. The third-order valence-electron chi connectivity index (χ3n) is 3.25. The number of hydrogen-bond acceptors (Lipinski definition) is 5. The molecule has 0 aliphatic carbocycles. The Morgan fingerprint density at radius 1 is 1.59 bits per heavy atom. The minimum absolute atomic E-state index is 0.508. The van der Waals surface area contributed by atoms with Gasteiger partial charge in [0.25, 0.3) is 0 Å². The van der Waals surface area contributed by atoms with E-state index in [1.165, 1.54) is 11.3 Å². The van der Waals surface area contributed by atoms with Crippen LogP contribution >= 0.6 is 11.3 Å². The third kappa shape index (κ3) is 2.84. The van der Waals surface area contributed by atoms with Crippen molar-refractivity contribution in [1.29, 1.82) is 0 Å². The molecule has 1 unspecified atom stereocenters. The van der Waals surface area contributed by atoms with Gasteiger partial charge in [0.2, 0.25) is 0 Å². The van der Waals surface area contributed by atoms with Crippen LogP contribution in [0.15, 0.2) is 6.20 Å². The molecule has 94 valence electrons. The minimum atomic E-state index is 0.508. The number of hydrogen-bond donors (Lipinski definition) is 0. The van der Waals surface area contributed by atoms with Crippen molar-refractivity contribution in [3.63, 3.8) is 0 Å². The van der Waals surface area contributed by atoms with Crippen LogP contribution in [-0.2, 0) is 0 Å². The maximum atomic E-state index is 10.7. The minimum Gasteiger partial charge on any atom is -0.344 e. The monoisotopic (exact) mass is 253 g/mol. The first-order chi connectivity index (χ1) is 8.24. The SMILES string of the molecule is CCC1CN(C)CCCN1c1ncc(C=O)s1. The molecule has 0 aromatic carbocycles. The van der Waals surface area contributed by atoms with Crippen LogP contribution in [0.25, 0.3) is 0 Å². The molecule has 1 atom stereocenters. The molecule has 1 saturated heterocycles. The number of aromatic nitrogens is 1. The lowest BCUT2D eigenvalue weighted by molar-refractivity contribution is 0.112. The van der Waals surface area contributed by atoms with Gasteiger partial charge in [-0.3, -0.25) is 4.79 Å². The van der Waals surface area contributed by atoms with Gasteiger partial charge in [-0.2, -0.15) is 0 Å². The Bertz CT molecular complexity index is 380. The smallest absolute Gasteiger partial charge is 0.186 e. The predicted molar refractivity (Wildman–Crippen MR) is 71.0 cm³/mol. The van der Waals surface area contributed by atoms with Gasteiger partial charge in [-0.05, 0) is 26.4 Å². The zero-order valence-corrected chi connectivity index (χ0v) is 11.2. The van der Waals surface area contributed by atoms with Crippen LogP contribution in [0.3, 0.4) is 0 Å². The van der Waals surface area contributed by atoms with E-state index in [0.29, 0.717) is 10.9 Å². The molecule has 4 nitrogen and oxygen atoms in total. The maximum Gasteiger partial charge on any atom is 0.186 e. The molecule has 0 radical (unpaired) electrons. The van der Waals surface area contributed by atoms with E-state index in [1.54, 1.807) is 6.20 Å².